The molecule has 2 aromatic carbocycles. The van der Waals surface area contributed by atoms with Gasteiger partial charge < -0.3 is 14.4 Å². The van der Waals surface area contributed by atoms with Gasteiger partial charge in [0, 0.05) is 13.1 Å². The van der Waals surface area contributed by atoms with Gasteiger partial charge in [0.2, 0.25) is 0 Å². The molecule has 138 valence electrons. The number of amidine groups is 1. The number of para-hydroxylation sites is 1. The number of piperidine rings is 1. The van der Waals surface area contributed by atoms with Gasteiger partial charge in [-0.15, -0.1) is 0 Å². The summed E-state index contributed by atoms with van der Waals surface area (Å²) < 4.78 is 11.8. The molecule has 1 saturated heterocycles. The highest BCUT2D eigenvalue weighted by Crippen LogP contribution is 2.25. The van der Waals surface area contributed by atoms with E-state index in [1.807, 2.05) is 55.5 Å². The summed E-state index contributed by atoms with van der Waals surface area (Å²) in [6.07, 6.45) is 2.15. The molecule has 1 heterocycles. The Balaban J connectivity index is 1.48. The van der Waals surface area contributed by atoms with E-state index in [0.29, 0.717) is 29.1 Å². The quantitative estimate of drug-likeness (QED) is 0.572. The lowest BCUT2D eigenvalue weighted by molar-refractivity contribution is 0.180. The summed E-state index contributed by atoms with van der Waals surface area (Å²) >= 11 is 6.12. The predicted molar refractivity (Wildman–Crippen MR) is 105 cm³/mol. The average Bonchev–Trinajstić information content (AvgIpc) is 2.66. The van der Waals surface area contributed by atoms with E-state index in [9.17, 15) is 0 Å². The molecule has 0 bridgehead atoms. The first kappa shape index (κ1) is 18.6. The second kappa shape index (κ2) is 8.95. The summed E-state index contributed by atoms with van der Waals surface area (Å²) in [6, 6.07) is 15.5. The lowest BCUT2D eigenvalue weighted by Gasteiger charge is -2.32. The minimum Gasteiger partial charge on any atom is -0.493 e. The molecule has 5 heteroatoms. The van der Waals surface area contributed by atoms with Gasteiger partial charge in [-0.1, -0.05) is 35.9 Å². The number of halogens is 1. The van der Waals surface area contributed by atoms with Crippen molar-refractivity contribution in [2.45, 2.75) is 26.4 Å². The number of benzene rings is 2. The van der Waals surface area contributed by atoms with Crippen LogP contribution in [0.15, 0.2) is 48.5 Å². The van der Waals surface area contributed by atoms with Crippen molar-refractivity contribution in [3.63, 3.8) is 0 Å². The first-order chi connectivity index (χ1) is 12.6. The zero-order valence-corrected chi connectivity index (χ0v) is 15.8. The van der Waals surface area contributed by atoms with E-state index in [4.69, 9.17) is 26.5 Å². The Bertz CT molecular complexity index is 742. The van der Waals surface area contributed by atoms with E-state index in [-0.39, 0.29) is 0 Å². The molecule has 0 radical (unpaired) electrons. The maximum absolute atomic E-state index is 7.70. The third kappa shape index (κ3) is 5.15. The normalized spacial score (nSPS) is 14.9. The predicted octanol–water partition coefficient (Wildman–Crippen LogP) is 5.01. The lowest BCUT2D eigenvalue weighted by Crippen LogP contribution is -2.38. The third-order valence-corrected chi connectivity index (χ3v) is 5.02. The van der Waals surface area contributed by atoms with E-state index in [2.05, 4.69) is 4.90 Å². The summed E-state index contributed by atoms with van der Waals surface area (Å²) in [5, 5.41) is 8.32. The molecule has 1 aliphatic rings. The van der Waals surface area contributed by atoms with Crippen LogP contribution >= 0.6 is 11.6 Å². The number of rotatable bonds is 6. The van der Waals surface area contributed by atoms with E-state index < -0.39 is 0 Å². The van der Waals surface area contributed by atoms with Gasteiger partial charge in [-0.05, 0) is 55.5 Å². The van der Waals surface area contributed by atoms with Crippen molar-refractivity contribution >= 4 is 17.4 Å². The molecule has 2 aromatic rings. The molecule has 0 unspecified atom stereocenters. The highest BCUT2D eigenvalue weighted by atomic mass is 35.5. The second-order valence-electron chi connectivity index (χ2n) is 6.69. The molecule has 0 aromatic heterocycles. The smallest absolute Gasteiger partial charge is 0.138 e. The van der Waals surface area contributed by atoms with Crippen molar-refractivity contribution in [2.75, 3.05) is 19.7 Å². The highest BCUT2D eigenvalue weighted by molar-refractivity contribution is 6.32. The van der Waals surface area contributed by atoms with Crippen molar-refractivity contribution in [2.24, 2.45) is 5.92 Å². The maximum atomic E-state index is 7.70. The van der Waals surface area contributed by atoms with Crippen LogP contribution in [0.1, 0.15) is 25.3 Å². The standard InChI is InChI=1S/C21H25ClN2O2/c1-16(23)24-11-9-17(10-12-24)14-25-19-6-4-5-18(13-19)15-26-21-8-3-2-7-20(21)22/h2-8,13,17,23H,9-12,14-15H2,1H3. The minimum atomic E-state index is 0.456. The van der Waals surface area contributed by atoms with Gasteiger partial charge in [0.15, 0.2) is 0 Å². The van der Waals surface area contributed by atoms with Crippen molar-refractivity contribution in [3.05, 3.63) is 59.1 Å². The largest absolute Gasteiger partial charge is 0.493 e. The van der Waals surface area contributed by atoms with Crippen molar-refractivity contribution in [1.82, 2.24) is 4.90 Å². The molecular weight excluding hydrogens is 348 g/mol. The van der Waals surface area contributed by atoms with Gasteiger partial charge >= 0.3 is 0 Å². The Morgan fingerprint density at radius 2 is 1.88 bits per heavy atom. The fourth-order valence-electron chi connectivity index (χ4n) is 3.10. The van der Waals surface area contributed by atoms with Gasteiger partial charge in [0.05, 0.1) is 17.5 Å². The molecule has 0 spiro atoms. The minimum absolute atomic E-state index is 0.456. The van der Waals surface area contributed by atoms with Crippen LogP contribution in [0.4, 0.5) is 0 Å². The second-order valence-corrected chi connectivity index (χ2v) is 7.10. The molecule has 0 atom stereocenters. The molecule has 1 aliphatic heterocycles. The van der Waals surface area contributed by atoms with Gasteiger partial charge in [0.1, 0.15) is 18.1 Å². The van der Waals surface area contributed by atoms with Gasteiger partial charge in [0.25, 0.3) is 0 Å². The first-order valence-corrected chi connectivity index (χ1v) is 9.39. The number of ether oxygens (including phenoxy) is 2. The Hall–Kier alpha value is -2.20. The van der Waals surface area contributed by atoms with Crippen LogP contribution in [0.5, 0.6) is 11.5 Å². The number of hydrogen-bond donors (Lipinski definition) is 1. The van der Waals surface area contributed by atoms with E-state index in [1.54, 1.807) is 0 Å². The van der Waals surface area contributed by atoms with Crippen LogP contribution in [-0.4, -0.2) is 30.4 Å². The summed E-state index contributed by atoms with van der Waals surface area (Å²) in [6.45, 7) is 4.94. The van der Waals surface area contributed by atoms with Crippen LogP contribution in [0.25, 0.3) is 0 Å². The Kier molecular flexibility index (Phi) is 6.40. The molecule has 1 fully saturated rings. The summed E-state index contributed by atoms with van der Waals surface area (Å²) in [5.41, 5.74) is 1.05. The van der Waals surface area contributed by atoms with Crippen LogP contribution < -0.4 is 9.47 Å². The van der Waals surface area contributed by atoms with Gasteiger partial charge in [-0.3, -0.25) is 5.41 Å². The molecule has 0 saturated carbocycles. The van der Waals surface area contributed by atoms with E-state index >= 15 is 0 Å². The molecule has 4 nitrogen and oxygen atoms in total. The molecule has 26 heavy (non-hydrogen) atoms. The fraction of sp³-hybridized carbons (Fsp3) is 0.381. The fourth-order valence-corrected chi connectivity index (χ4v) is 3.29. The molecule has 0 aliphatic carbocycles. The summed E-state index contributed by atoms with van der Waals surface area (Å²) in [4.78, 5) is 2.13. The maximum Gasteiger partial charge on any atom is 0.138 e. The molecule has 3 rings (SSSR count). The number of hydrogen-bond acceptors (Lipinski definition) is 3. The van der Waals surface area contributed by atoms with E-state index in [1.165, 1.54) is 0 Å². The zero-order chi connectivity index (χ0) is 18.4. The van der Waals surface area contributed by atoms with Crippen molar-refractivity contribution in [3.8, 4) is 11.5 Å². The van der Waals surface area contributed by atoms with Crippen LogP contribution in [0.3, 0.4) is 0 Å². The van der Waals surface area contributed by atoms with Crippen LogP contribution in [-0.2, 0) is 6.61 Å². The Labute approximate surface area is 160 Å². The van der Waals surface area contributed by atoms with Gasteiger partial charge in [-0.25, -0.2) is 0 Å². The SMILES string of the molecule is CC(=N)N1CCC(COc2cccc(COc3ccccc3Cl)c2)CC1. The first-order valence-electron chi connectivity index (χ1n) is 9.01. The van der Waals surface area contributed by atoms with E-state index in [0.717, 1.165) is 43.9 Å². The molecular formula is C21H25ClN2O2. The van der Waals surface area contributed by atoms with Crippen molar-refractivity contribution in [1.29, 1.82) is 5.41 Å². The number of nitrogens with one attached hydrogen (secondary N) is 1. The molecule has 1 N–H and O–H groups in total. The lowest BCUT2D eigenvalue weighted by atomic mass is 9.98. The van der Waals surface area contributed by atoms with Crippen LogP contribution in [0, 0.1) is 11.3 Å². The monoisotopic (exact) mass is 372 g/mol. The zero-order valence-electron chi connectivity index (χ0n) is 15.1. The average molecular weight is 373 g/mol. The van der Waals surface area contributed by atoms with Crippen LogP contribution in [0.2, 0.25) is 5.02 Å². The van der Waals surface area contributed by atoms with Gasteiger partial charge in [-0.2, -0.15) is 0 Å². The number of nitrogens with zero attached hydrogens (tertiary/aromatic N) is 1. The highest BCUT2D eigenvalue weighted by Gasteiger charge is 2.19. The van der Waals surface area contributed by atoms with Crippen molar-refractivity contribution < 1.29 is 9.47 Å². The summed E-state index contributed by atoms with van der Waals surface area (Å²) in [7, 11) is 0. The number of likely N-dealkylation sites (tertiary alicyclic amines) is 1. The summed E-state index contributed by atoms with van der Waals surface area (Å²) in [5.74, 6) is 2.77. The topological polar surface area (TPSA) is 45.6 Å². The Morgan fingerprint density at radius 1 is 1.12 bits per heavy atom. The molecule has 0 amide bonds. The third-order valence-electron chi connectivity index (χ3n) is 4.70. The Morgan fingerprint density at radius 3 is 2.62 bits per heavy atom.